The second-order valence-electron chi connectivity index (χ2n) is 3.69. The Bertz CT molecular complexity index is 511. The van der Waals surface area contributed by atoms with Gasteiger partial charge in [0, 0.05) is 17.1 Å². The van der Waals surface area contributed by atoms with Gasteiger partial charge in [-0.3, -0.25) is 9.78 Å². The molecule has 0 radical (unpaired) electrons. The third-order valence-corrected chi connectivity index (χ3v) is 2.89. The van der Waals surface area contributed by atoms with Crippen LogP contribution in [0.4, 0.5) is 0 Å². The number of benzene rings is 1. The van der Waals surface area contributed by atoms with Gasteiger partial charge in [0.25, 0.3) is 0 Å². The van der Waals surface area contributed by atoms with Crippen molar-refractivity contribution in [1.82, 2.24) is 4.98 Å². The van der Waals surface area contributed by atoms with Crippen molar-refractivity contribution in [1.29, 1.82) is 0 Å². The summed E-state index contributed by atoms with van der Waals surface area (Å²) in [4.78, 5) is 15.7. The van der Waals surface area contributed by atoms with Crippen LogP contribution in [0.5, 0.6) is 5.75 Å². The Hall–Kier alpha value is -1.68. The van der Waals surface area contributed by atoms with Gasteiger partial charge in [0.2, 0.25) is 0 Å². The Balaban J connectivity index is 1.82. The molecule has 3 nitrogen and oxygen atoms in total. The minimum Gasteiger partial charge on any atom is -0.493 e. The Kier molecular flexibility index (Phi) is 4.47. The molecule has 4 heteroatoms. The quantitative estimate of drug-likeness (QED) is 0.794. The molecule has 18 heavy (non-hydrogen) atoms. The molecular weight excluding hydrogens is 294 g/mol. The molecule has 0 spiro atoms. The first-order chi connectivity index (χ1) is 8.75. The number of hydrogen-bond donors (Lipinski definition) is 0. The number of carbonyl (C=O) groups excluding carboxylic acids is 1. The van der Waals surface area contributed by atoms with Gasteiger partial charge in [-0.1, -0.05) is 22.0 Å². The molecule has 2 rings (SSSR count). The molecule has 92 valence electrons. The second-order valence-corrected chi connectivity index (χ2v) is 4.61. The zero-order valence-corrected chi connectivity index (χ0v) is 11.3. The van der Waals surface area contributed by atoms with Gasteiger partial charge in [-0.15, -0.1) is 0 Å². The molecular formula is C14H12BrNO2. The van der Waals surface area contributed by atoms with Crippen LogP contribution >= 0.6 is 15.9 Å². The summed E-state index contributed by atoms with van der Waals surface area (Å²) in [6, 6.07) is 12.8. The molecule has 2 aromatic rings. The van der Waals surface area contributed by atoms with Crippen LogP contribution in [0, 0.1) is 0 Å². The van der Waals surface area contributed by atoms with Gasteiger partial charge in [0.1, 0.15) is 11.4 Å². The number of rotatable bonds is 5. The molecule has 1 aromatic heterocycles. The van der Waals surface area contributed by atoms with Crippen LogP contribution in [0.2, 0.25) is 0 Å². The van der Waals surface area contributed by atoms with Gasteiger partial charge in [0.15, 0.2) is 5.78 Å². The van der Waals surface area contributed by atoms with Crippen molar-refractivity contribution in [3.05, 3.63) is 58.8 Å². The first-order valence-corrected chi connectivity index (χ1v) is 6.37. The first kappa shape index (κ1) is 12.8. The van der Waals surface area contributed by atoms with Crippen molar-refractivity contribution < 1.29 is 9.53 Å². The fourth-order valence-corrected chi connectivity index (χ4v) is 1.71. The third-order valence-electron chi connectivity index (χ3n) is 2.36. The highest BCUT2D eigenvalue weighted by Crippen LogP contribution is 2.16. The van der Waals surface area contributed by atoms with Crippen molar-refractivity contribution in [3.63, 3.8) is 0 Å². The molecule has 0 atom stereocenters. The minimum atomic E-state index is -0.00675. The van der Waals surface area contributed by atoms with Crippen LogP contribution in [0.25, 0.3) is 0 Å². The standard InChI is InChI=1S/C14H12BrNO2/c15-11-4-6-12(7-5-11)18-10-8-14(17)13-3-1-2-9-16-13/h1-7,9H,8,10H2. The first-order valence-electron chi connectivity index (χ1n) is 5.58. The molecule has 1 heterocycles. The number of pyridine rings is 1. The molecule has 1 aromatic carbocycles. The molecule has 0 fully saturated rings. The molecule has 0 unspecified atom stereocenters. The summed E-state index contributed by atoms with van der Waals surface area (Å²) >= 11 is 3.35. The van der Waals surface area contributed by atoms with Crippen molar-refractivity contribution >= 4 is 21.7 Å². The Morgan fingerprint density at radius 3 is 2.61 bits per heavy atom. The molecule has 0 aliphatic heterocycles. The molecule has 0 amide bonds. The van der Waals surface area contributed by atoms with Crippen LogP contribution in [0.1, 0.15) is 16.9 Å². The van der Waals surface area contributed by atoms with E-state index in [0.717, 1.165) is 10.2 Å². The largest absolute Gasteiger partial charge is 0.493 e. The highest BCUT2D eigenvalue weighted by Gasteiger charge is 2.06. The summed E-state index contributed by atoms with van der Waals surface area (Å²) in [5.74, 6) is 0.750. The normalized spacial score (nSPS) is 10.1. The highest BCUT2D eigenvalue weighted by molar-refractivity contribution is 9.10. The highest BCUT2D eigenvalue weighted by atomic mass is 79.9. The number of nitrogens with zero attached hydrogens (tertiary/aromatic N) is 1. The fourth-order valence-electron chi connectivity index (χ4n) is 1.45. The SMILES string of the molecule is O=C(CCOc1ccc(Br)cc1)c1ccccn1. The molecule has 0 saturated carbocycles. The zero-order valence-electron chi connectivity index (χ0n) is 9.67. The van der Waals surface area contributed by atoms with E-state index in [0.29, 0.717) is 18.7 Å². The topological polar surface area (TPSA) is 39.2 Å². The fraction of sp³-hybridized carbons (Fsp3) is 0.143. The van der Waals surface area contributed by atoms with E-state index in [9.17, 15) is 4.79 Å². The van der Waals surface area contributed by atoms with Crippen molar-refractivity contribution in [2.75, 3.05) is 6.61 Å². The van der Waals surface area contributed by atoms with Gasteiger partial charge in [-0.25, -0.2) is 0 Å². The third kappa shape index (κ3) is 3.67. The number of carbonyl (C=O) groups is 1. The summed E-state index contributed by atoms with van der Waals surface area (Å²) in [5, 5.41) is 0. The maximum atomic E-state index is 11.7. The lowest BCUT2D eigenvalue weighted by molar-refractivity contribution is 0.0957. The smallest absolute Gasteiger partial charge is 0.184 e. The number of Topliss-reactive ketones (excluding diaryl/α,β-unsaturated/α-hetero) is 1. The van der Waals surface area contributed by atoms with E-state index in [1.54, 1.807) is 24.4 Å². The van der Waals surface area contributed by atoms with E-state index in [2.05, 4.69) is 20.9 Å². The monoisotopic (exact) mass is 305 g/mol. The van der Waals surface area contributed by atoms with Crippen LogP contribution in [-0.4, -0.2) is 17.4 Å². The number of ketones is 1. The van der Waals surface area contributed by atoms with Crippen molar-refractivity contribution in [2.45, 2.75) is 6.42 Å². The molecule has 0 bridgehead atoms. The lowest BCUT2D eigenvalue weighted by atomic mass is 10.2. The van der Waals surface area contributed by atoms with Crippen molar-refractivity contribution in [3.8, 4) is 5.75 Å². The number of ether oxygens (including phenoxy) is 1. The number of hydrogen-bond acceptors (Lipinski definition) is 3. The molecule has 0 aliphatic rings. The summed E-state index contributed by atoms with van der Waals surface area (Å²) in [7, 11) is 0. The Morgan fingerprint density at radius 2 is 1.94 bits per heavy atom. The van der Waals surface area contributed by atoms with Crippen LogP contribution in [0.15, 0.2) is 53.1 Å². The van der Waals surface area contributed by atoms with Gasteiger partial charge in [0.05, 0.1) is 6.61 Å². The van der Waals surface area contributed by atoms with Gasteiger partial charge >= 0.3 is 0 Å². The lowest BCUT2D eigenvalue weighted by Gasteiger charge is -2.05. The maximum Gasteiger partial charge on any atom is 0.184 e. The summed E-state index contributed by atoms with van der Waals surface area (Å²) in [6.45, 7) is 0.358. The summed E-state index contributed by atoms with van der Waals surface area (Å²) in [5.41, 5.74) is 0.483. The van der Waals surface area contributed by atoms with Crippen molar-refractivity contribution in [2.24, 2.45) is 0 Å². The number of aromatic nitrogens is 1. The van der Waals surface area contributed by atoms with E-state index in [4.69, 9.17) is 4.74 Å². The molecule has 0 N–H and O–H groups in total. The average Bonchev–Trinajstić information content (AvgIpc) is 2.42. The molecule has 0 saturated heterocycles. The van der Waals surface area contributed by atoms with Gasteiger partial charge in [-0.05, 0) is 36.4 Å². The Labute approximate surface area is 114 Å². The van der Waals surface area contributed by atoms with Crippen LogP contribution in [0.3, 0.4) is 0 Å². The minimum absolute atomic E-state index is 0.00675. The van der Waals surface area contributed by atoms with Crippen LogP contribution in [-0.2, 0) is 0 Å². The van der Waals surface area contributed by atoms with E-state index >= 15 is 0 Å². The van der Waals surface area contributed by atoms with Gasteiger partial charge in [-0.2, -0.15) is 0 Å². The Morgan fingerprint density at radius 1 is 1.17 bits per heavy atom. The average molecular weight is 306 g/mol. The molecule has 0 aliphatic carbocycles. The lowest BCUT2D eigenvalue weighted by Crippen LogP contribution is -2.08. The summed E-state index contributed by atoms with van der Waals surface area (Å²) < 4.78 is 6.48. The van der Waals surface area contributed by atoms with E-state index < -0.39 is 0 Å². The zero-order chi connectivity index (χ0) is 12.8. The van der Waals surface area contributed by atoms with E-state index in [1.165, 1.54) is 0 Å². The maximum absolute atomic E-state index is 11.7. The predicted molar refractivity (Wildman–Crippen MR) is 72.8 cm³/mol. The predicted octanol–water partition coefficient (Wildman–Crippen LogP) is 3.50. The van der Waals surface area contributed by atoms with Crippen LogP contribution < -0.4 is 4.74 Å². The van der Waals surface area contributed by atoms with E-state index in [-0.39, 0.29) is 5.78 Å². The van der Waals surface area contributed by atoms with E-state index in [1.807, 2.05) is 24.3 Å². The summed E-state index contributed by atoms with van der Waals surface area (Å²) in [6.07, 6.45) is 1.94. The second kappa shape index (κ2) is 6.31. The van der Waals surface area contributed by atoms with Gasteiger partial charge < -0.3 is 4.74 Å². The number of halogens is 1.